The molecule has 1 aliphatic rings. The molecule has 1 N–H and O–H groups in total. The monoisotopic (exact) mass is 205 g/mol. The molecule has 0 amide bonds. The van der Waals surface area contributed by atoms with Crippen molar-refractivity contribution in [1.82, 2.24) is 5.32 Å². The summed E-state index contributed by atoms with van der Waals surface area (Å²) >= 11 is 0. The SMILES string of the molecule is CC(C)CCCNCC(F)(F)C1CC1. The smallest absolute Gasteiger partial charge is 0.263 e. The summed E-state index contributed by atoms with van der Waals surface area (Å²) in [5.41, 5.74) is 0. The van der Waals surface area contributed by atoms with Crippen molar-refractivity contribution in [2.45, 2.75) is 45.5 Å². The van der Waals surface area contributed by atoms with Gasteiger partial charge in [0.2, 0.25) is 0 Å². The van der Waals surface area contributed by atoms with Crippen LogP contribution in [-0.4, -0.2) is 19.0 Å². The Balaban J connectivity index is 1.97. The summed E-state index contributed by atoms with van der Waals surface area (Å²) in [6, 6.07) is 0. The van der Waals surface area contributed by atoms with Crippen LogP contribution >= 0.6 is 0 Å². The van der Waals surface area contributed by atoms with Gasteiger partial charge in [-0.2, -0.15) is 0 Å². The van der Waals surface area contributed by atoms with Crippen LogP contribution in [0.4, 0.5) is 8.78 Å². The summed E-state index contributed by atoms with van der Waals surface area (Å²) in [5, 5.41) is 2.85. The van der Waals surface area contributed by atoms with E-state index in [2.05, 4.69) is 19.2 Å². The Hall–Kier alpha value is -0.180. The molecule has 0 aromatic heterocycles. The summed E-state index contributed by atoms with van der Waals surface area (Å²) in [4.78, 5) is 0. The maximum atomic E-state index is 13.1. The minimum absolute atomic E-state index is 0.129. The first kappa shape index (κ1) is 11.9. The van der Waals surface area contributed by atoms with Crippen LogP contribution < -0.4 is 5.32 Å². The maximum Gasteiger partial charge on any atom is 0.263 e. The lowest BCUT2D eigenvalue weighted by Gasteiger charge is -2.16. The van der Waals surface area contributed by atoms with Crippen molar-refractivity contribution in [3.63, 3.8) is 0 Å². The van der Waals surface area contributed by atoms with E-state index >= 15 is 0 Å². The van der Waals surface area contributed by atoms with Gasteiger partial charge in [-0.05, 0) is 38.1 Å². The van der Waals surface area contributed by atoms with E-state index in [-0.39, 0.29) is 12.5 Å². The lowest BCUT2D eigenvalue weighted by molar-refractivity contribution is -0.0206. The molecule has 1 fully saturated rings. The molecule has 1 nitrogen and oxygen atoms in total. The molecule has 1 saturated carbocycles. The topological polar surface area (TPSA) is 12.0 Å². The summed E-state index contributed by atoms with van der Waals surface area (Å²) < 4.78 is 26.3. The highest BCUT2D eigenvalue weighted by Gasteiger charge is 2.45. The van der Waals surface area contributed by atoms with E-state index in [0.717, 1.165) is 19.4 Å². The van der Waals surface area contributed by atoms with Gasteiger partial charge in [0.1, 0.15) is 0 Å². The third-order valence-electron chi connectivity index (χ3n) is 2.67. The molecule has 0 aromatic carbocycles. The molecule has 0 aromatic rings. The molecule has 84 valence electrons. The van der Waals surface area contributed by atoms with Gasteiger partial charge >= 0.3 is 0 Å². The minimum atomic E-state index is -2.46. The third-order valence-corrected chi connectivity index (χ3v) is 2.67. The number of rotatable bonds is 7. The van der Waals surface area contributed by atoms with Crippen LogP contribution in [0.1, 0.15) is 39.5 Å². The van der Waals surface area contributed by atoms with Crippen molar-refractivity contribution < 1.29 is 8.78 Å². The predicted octanol–water partition coefficient (Wildman–Crippen LogP) is 3.06. The molecule has 0 unspecified atom stereocenters. The molecule has 0 saturated heterocycles. The van der Waals surface area contributed by atoms with Crippen molar-refractivity contribution in [2.75, 3.05) is 13.1 Å². The lowest BCUT2D eigenvalue weighted by Crippen LogP contribution is -2.35. The average Bonchev–Trinajstić information content (AvgIpc) is 2.84. The number of hydrogen-bond donors (Lipinski definition) is 1. The fourth-order valence-electron chi connectivity index (χ4n) is 1.54. The molecular formula is C11H21F2N. The Morgan fingerprint density at radius 1 is 1.36 bits per heavy atom. The Morgan fingerprint density at radius 2 is 2.00 bits per heavy atom. The first-order chi connectivity index (χ1) is 6.52. The number of hydrogen-bond acceptors (Lipinski definition) is 1. The van der Waals surface area contributed by atoms with Crippen LogP contribution in [0.15, 0.2) is 0 Å². The second-order valence-corrected chi connectivity index (χ2v) is 4.75. The highest BCUT2D eigenvalue weighted by atomic mass is 19.3. The molecular weight excluding hydrogens is 184 g/mol. The second kappa shape index (κ2) is 5.06. The number of alkyl halides is 2. The van der Waals surface area contributed by atoms with Gasteiger partial charge in [-0.25, -0.2) is 8.78 Å². The molecule has 0 aliphatic heterocycles. The summed E-state index contributed by atoms with van der Waals surface area (Å²) in [6.07, 6.45) is 3.53. The van der Waals surface area contributed by atoms with Gasteiger partial charge in [0.25, 0.3) is 5.92 Å². The van der Waals surface area contributed by atoms with Crippen molar-refractivity contribution in [1.29, 1.82) is 0 Å². The highest BCUT2D eigenvalue weighted by molar-refractivity contribution is 4.88. The second-order valence-electron chi connectivity index (χ2n) is 4.75. The first-order valence-electron chi connectivity index (χ1n) is 5.61. The lowest BCUT2D eigenvalue weighted by atomic mass is 10.1. The van der Waals surface area contributed by atoms with E-state index < -0.39 is 5.92 Å². The van der Waals surface area contributed by atoms with Crippen LogP contribution in [0, 0.1) is 11.8 Å². The summed E-state index contributed by atoms with van der Waals surface area (Å²) in [6.45, 7) is 4.90. The third kappa shape index (κ3) is 4.36. The molecule has 1 aliphatic carbocycles. The van der Waals surface area contributed by atoms with Crippen LogP contribution in [0.25, 0.3) is 0 Å². The van der Waals surface area contributed by atoms with Crippen molar-refractivity contribution in [2.24, 2.45) is 11.8 Å². The van der Waals surface area contributed by atoms with E-state index in [9.17, 15) is 8.78 Å². The standard InChI is InChI=1S/C11H21F2N/c1-9(2)4-3-7-14-8-11(12,13)10-5-6-10/h9-10,14H,3-8H2,1-2H3. The van der Waals surface area contributed by atoms with Gasteiger partial charge in [-0.1, -0.05) is 13.8 Å². The normalized spacial score (nSPS) is 17.8. The van der Waals surface area contributed by atoms with Gasteiger partial charge < -0.3 is 5.32 Å². The molecule has 0 heterocycles. The Kier molecular flexibility index (Phi) is 4.30. The van der Waals surface area contributed by atoms with Gasteiger partial charge in [-0.3, -0.25) is 0 Å². The molecule has 14 heavy (non-hydrogen) atoms. The fourth-order valence-corrected chi connectivity index (χ4v) is 1.54. The Morgan fingerprint density at radius 3 is 2.50 bits per heavy atom. The highest BCUT2D eigenvalue weighted by Crippen LogP contribution is 2.42. The zero-order valence-corrected chi connectivity index (χ0v) is 9.15. The molecule has 3 heteroatoms. The predicted molar refractivity (Wildman–Crippen MR) is 54.6 cm³/mol. The van der Waals surface area contributed by atoms with Gasteiger partial charge in [0.05, 0.1) is 6.54 Å². The van der Waals surface area contributed by atoms with Gasteiger partial charge in [-0.15, -0.1) is 0 Å². The molecule has 1 rings (SSSR count). The van der Waals surface area contributed by atoms with Crippen molar-refractivity contribution in [3.8, 4) is 0 Å². The van der Waals surface area contributed by atoms with E-state index in [1.54, 1.807) is 0 Å². The molecule has 0 bridgehead atoms. The maximum absolute atomic E-state index is 13.1. The zero-order chi connectivity index (χ0) is 10.6. The van der Waals surface area contributed by atoms with Crippen LogP contribution in [0.5, 0.6) is 0 Å². The minimum Gasteiger partial charge on any atom is -0.311 e. The van der Waals surface area contributed by atoms with Crippen LogP contribution in [0.3, 0.4) is 0 Å². The first-order valence-corrected chi connectivity index (χ1v) is 5.61. The largest absolute Gasteiger partial charge is 0.311 e. The van der Waals surface area contributed by atoms with Crippen molar-refractivity contribution >= 4 is 0 Å². The van der Waals surface area contributed by atoms with E-state index in [1.165, 1.54) is 0 Å². The fraction of sp³-hybridized carbons (Fsp3) is 1.00. The Labute approximate surface area is 85.3 Å². The number of nitrogens with one attached hydrogen (secondary N) is 1. The van der Waals surface area contributed by atoms with Gasteiger partial charge in [0, 0.05) is 5.92 Å². The van der Waals surface area contributed by atoms with Crippen LogP contribution in [-0.2, 0) is 0 Å². The molecule has 0 radical (unpaired) electrons. The average molecular weight is 205 g/mol. The van der Waals surface area contributed by atoms with E-state index in [4.69, 9.17) is 0 Å². The van der Waals surface area contributed by atoms with E-state index in [1.807, 2.05) is 0 Å². The summed E-state index contributed by atoms with van der Waals surface area (Å²) in [7, 11) is 0. The van der Waals surface area contributed by atoms with E-state index in [0.29, 0.717) is 18.8 Å². The van der Waals surface area contributed by atoms with Gasteiger partial charge in [0.15, 0.2) is 0 Å². The summed E-state index contributed by atoms with van der Waals surface area (Å²) in [5.74, 6) is -2.13. The van der Waals surface area contributed by atoms with Crippen molar-refractivity contribution in [3.05, 3.63) is 0 Å². The molecule has 0 spiro atoms. The zero-order valence-electron chi connectivity index (χ0n) is 9.15. The quantitative estimate of drug-likeness (QED) is 0.630. The Bertz CT molecular complexity index is 165. The number of halogens is 2. The van der Waals surface area contributed by atoms with Crippen LogP contribution in [0.2, 0.25) is 0 Å². The molecule has 0 atom stereocenters.